The van der Waals surface area contributed by atoms with E-state index < -0.39 is 10.8 Å². The van der Waals surface area contributed by atoms with Crippen LogP contribution in [0.4, 0.5) is 0 Å². The van der Waals surface area contributed by atoms with Crippen LogP contribution in [0.25, 0.3) is 11.0 Å². The number of hydrogen-bond donors (Lipinski definition) is 1. The Bertz CT molecular complexity index is 875. The van der Waals surface area contributed by atoms with Gasteiger partial charge in [-0.25, -0.2) is 4.98 Å². The topological polar surface area (TPSA) is 86.3 Å². The van der Waals surface area contributed by atoms with E-state index in [1.807, 2.05) is 24.3 Å². The van der Waals surface area contributed by atoms with Gasteiger partial charge in [-0.05, 0) is 18.2 Å². The van der Waals surface area contributed by atoms with Gasteiger partial charge in [0.15, 0.2) is 5.16 Å². The molecular weight excluding hydrogens is 354 g/mol. The van der Waals surface area contributed by atoms with Crippen molar-refractivity contribution in [2.24, 2.45) is 0 Å². The number of aromatic nitrogens is 3. The third kappa shape index (κ3) is 4.09. The monoisotopic (exact) mass is 373 g/mol. The van der Waals surface area contributed by atoms with Crippen molar-refractivity contribution in [2.75, 3.05) is 26.4 Å². The van der Waals surface area contributed by atoms with Gasteiger partial charge in [0.25, 0.3) is 0 Å². The third-order valence-electron chi connectivity index (χ3n) is 3.97. The molecule has 0 spiro atoms. The summed E-state index contributed by atoms with van der Waals surface area (Å²) in [4.78, 5) is 11.8. The first-order valence-corrected chi connectivity index (χ1v) is 9.70. The fourth-order valence-corrected chi connectivity index (χ4v) is 3.67. The Hall–Kier alpha value is -2.29. The average molecular weight is 373 g/mol. The van der Waals surface area contributed by atoms with E-state index in [2.05, 4.69) is 15.0 Å². The van der Waals surface area contributed by atoms with E-state index in [9.17, 15) is 4.21 Å². The maximum absolute atomic E-state index is 12.6. The molecular formula is C18H19N3O4S. The Morgan fingerprint density at radius 2 is 2.19 bits per heavy atom. The van der Waals surface area contributed by atoms with E-state index in [1.54, 1.807) is 18.3 Å². The molecule has 8 heteroatoms. The quantitative estimate of drug-likeness (QED) is 0.712. The van der Waals surface area contributed by atoms with E-state index >= 15 is 0 Å². The first-order chi connectivity index (χ1) is 12.8. The summed E-state index contributed by atoms with van der Waals surface area (Å²) in [6.07, 6.45) is 1.59. The maximum Gasteiger partial charge on any atom is 0.197 e. The van der Waals surface area contributed by atoms with Crippen molar-refractivity contribution >= 4 is 21.8 Å². The molecule has 0 amide bonds. The molecule has 2 unspecified atom stereocenters. The van der Waals surface area contributed by atoms with Crippen molar-refractivity contribution in [3.8, 4) is 5.75 Å². The SMILES string of the molecule is O=S(Cc1cc(OCC2COCCO2)ccn1)c1nc2ccccc2[nH]1. The summed E-state index contributed by atoms with van der Waals surface area (Å²) in [7, 11) is -1.31. The first kappa shape index (κ1) is 17.1. The third-order valence-corrected chi connectivity index (χ3v) is 5.15. The zero-order valence-corrected chi connectivity index (χ0v) is 14.9. The molecule has 2 aromatic heterocycles. The molecule has 3 heterocycles. The molecule has 2 atom stereocenters. The fraction of sp³-hybridized carbons (Fsp3) is 0.333. The van der Waals surface area contributed by atoms with Crippen LogP contribution in [0, 0.1) is 0 Å². The molecule has 26 heavy (non-hydrogen) atoms. The standard InChI is InChI=1S/C18H19N3O4S/c22-26(18-20-16-3-1-2-4-17(16)21-18)12-13-9-14(5-6-19-13)25-11-15-10-23-7-8-24-15/h1-6,9,15H,7-8,10-12H2,(H,20,21). The summed E-state index contributed by atoms with van der Waals surface area (Å²) in [5.74, 6) is 0.936. The van der Waals surface area contributed by atoms with E-state index in [4.69, 9.17) is 14.2 Å². The fourth-order valence-electron chi connectivity index (χ4n) is 2.69. The molecule has 1 N–H and O–H groups in total. The summed E-state index contributed by atoms with van der Waals surface area (Å²) in [6.45, 7) is 2.17. The van der Waals surface area contributed by atoms with Crippen molar-refractivity contribution in [3.63, 3.8) is 0 Å². The van der Waals surface area contributed by atoms with Gasteiger partial charge in [0.05, 0.1) is 53.1 Å². The largest absolute Gasteiger partial charge is 0.491 e. The van der Waals surface area contributed by atoms with Gasteiger partial charge in [-0.2, -0.15) is 0 Å². The number of pyridine rings is 1. The number of imidazole rings is 1. The lowest BCUT2D eigenvalue weighted by Crippen LogP contribution is -2.33. The van der Waals surface area contributed by atoms with Crippen LogP contribution in [0.15, 0.2) is 47.8 Å². The second-order valence-corrected chi connectivity index (χ2v) is 7.28. The van der Waals surface area contributed by atoms with Crippen LogP contribution in [0.3, 0.4) is 0 Å². The van der Waals surface area contributed by atoms with Gasteiger partial charge in [-0.3, -0.25) is 9.19 Å². The molecule has 1 saturated heterocycles. The molecule has 7 nitrogen and oxygen atoms in total. The van der Waals surface area contributed by atoms with Gasteiger partial charge in [-0.15, -0.1) is 0 Å². The smallest absolute Gasteiger partial charge is 0.197 e. The molecule has 0 bridgehead atoms. The predicted molar refractivity (Wildman–Crippen MR) is 96.5 cm³/mol. The Morgan fingerprint density at radius 3 is 3.04 bits per heavy atom. The number of rotatable bonds is 6. The van der Waals surface area contributed by atoms with Crippen LogP contribution in [0.1, 0.15) is 5.69 Å². The van der Waals surface area contributed by atoms with E-state index in [0.717, 1.165) is 11.0 Å². The van der Waals surface area contributed by atoms with Crippen molar-refractivity contribution in [2.45, 2.75) is 17.0 Å². The van der Waals surface area contributed by atoms with Gasteiger partial charge in [-0.1, -0.05) is 12.1 Å². The van der Waals surface area contributed by atoms with Gasteiger partial charge in [0.1, 0.15) is 18.5 Å². The van der Waals surface area contributed by atoms with Crippen molar-refractivity contribution in [3.05, 3.63) is 48.3 Å². The van der Waals surface area contributed by atoms with Crippen LogP contribution in [-0.2, 0) is 26.0 Å². The minimum absolute atomic E-state index is 0.0648. The Balaban J connectivity index is 1.40. The average Bonchev–Trinajstić information content (AvgIpc) is 3.12. The van der Waals surface area contributed by atoms with Crippen LogP contribution in [0.5, 0.6) is 5.75 Å². The number of nitrogens with zero attached hydrogens (tertiary/aromatic N) is 2. The van der Waals surface area contributed by atoms with Crippen LogP contribution in [0.2, 0.25) is 0 Å². The number of benzene rings is 1. The summed E-state index contributed by atoms with van der Waals surface area (Å²) < 4.78 is 29.3. The highest BCUT2D eigenvalue weighted by molar-refractivity contribution is 7.84. The van der Waals surface area contributed by atoms with Crippen molar-refractivity contribution < 1.29 is 18.4 Å². The minimum atomic E-state index is -1.31. The Labute approximate surface area is 153 Å². The van der Waals surface area contributed by atoms with Crippen LogP contribution >= 0.6 is 0 Å². The van der Waals surface area contributed by atoms with E-state index in [1.165, 1.54) is 0 Å². The van der Waals surface area contributed by atoms with Gasteiger partial charge in [0, 0.05) is 12.3 Å². The van der Waals surface area contributed by atoms with Gasteiger partial charge in [0.2, 0.25) is 0 Å². The number of hydrogen-bond acceptors (Lipinski definition) is 6. The Morgan fingerprint density at radius 1 is 1.27 bits per heavy atom. The maximum atomic E-state index is 12.6. The predicted octanol–water partition coefficient (Wildman–Crippen LogP) is 2.06. The molecule has 3 aromatic rings. The summed E-state index contributed by atoms with van der Waals surface area (Å²) >= 11 is 0. The molecule has 1 aliphatic rings. The van der Waals surface area contributed by atoms with Crippen molar-refractivity contribution in [1.29, 1.82) is 0 Å². The van der Waals surface area contributed by atoms with E-state index in [-0.39, 0.29) is 11.9 Å². The number of nitrogens with one attached hydrogen (secondary N) is 1. The minimum Gasteiger partial charge on any atom is -0.491 e. The number of fused-ring (bicyclic) bond motifs is 1. The summed E-state index contributed by atoms with van der Waals surface area (Å²) in [5.41, 5.74) is 2.35. The van der Waals surface area contributed by atoms with Gasteiger partial charge >= 0.3 is 0 Å². The Kier molecular flexibility index (Phi) is 5.24. The molecule has 0 saturated carbocycles. The molecule has 1 aromatic carbocycles. The van der Waals surface area contributed by atoms with Crippen molar-refractivity contribution in [1.82, 2.24) is 15.0 Å². The molecule has 0 radical (unpaired) electrons. The van der Waals surface area contributed by atoms with Crippen LogP contribution < -0.4 is 4.74 Å². The lowest BCUT2D eigenvalue weighted by Gasteiger charge is -2.22. The number of aromatic amines is 1. The highest BCUT2D eigenvalue weighted by Crippen LogP contribution is 2.17. The normalized spacial score (nSPS) is 18.7. The zero-order valence-electron chi connectivity index (χ0n) is 14.1. The number of ether oxygens (including phenoxy) is 3. The molecule has 1 fully saturated rings. The number of H-pyrrole nitrogens is 1. The summed E-state index contributed by atoms with van der Waals surface area (Å²) in [5, 5.41) is 0.451. The molecule has 0 aliphatic carbocycles. The highest BCUT2D eigenvalue weighted by atomic mass is 32.2. The second kappa shape index (κ2) is 7.94. The highest BCUT2D eigenvalue weighted by Gasteiger charge is 2.16. The lowest BCUT2D eigenvalue weighted by molar-refractivity contribution is -0.101. The first-order valence-electron chi connectivity index (χ1n) is 8.38. The lowest BCUT2D eigenvalue weighted by atomic mass is 10.3. The van der Waals surface area contributed by atoms with Gasteiger partial charge < -0.3 is 19.2 Å². The number of para-hydroxylation sites is 2. The van der Waals surface area contributed by atoms with Crippen LogP contribution in [-0.4, -0.2) is 51.7 Å². The zero-order chi connectivity index (χ0) is 17.8. The summed E-state index contributed by atoms with van der Waals surface area (Å²) in [6, 6.07) is 11.2. The molecule has 136 valence electrons. The second-order valence-electron chi connectivity index (χ2n) is 5.91. The van der Waals surface area contributed by atoms with E-state index in [0.29, 0.717) is 43.0 Å². The molecule has 4 rings (SSSR count). The molecule has 1 aliphatic heterocycles.